The summed E-state index contributed by atoms with van der Waals surface area (Å²) in [7, 11) is -1.91. The molecule has 20 heavy (non-hydrogen) atoms. The normalized spacial score (nSPS) is 21.2. The molecule has 0 radical (unpaired) electrons. The van der Waals surface area contributed by atoms with Crippen LogP contribution in [0.1, 0.15) is 24.2 Å². The molecule has 2 rings (SSSR count). The second-order valence-electron chi connectivity index (χ2n) is 5.08. The van der Waals surface area contributed by atoms with Crippen molar-refractivity contribution in [2.24, 2.45) is 5.92 Å². The maximum Gasteiger partial charge on any atom is 0.246 e. The van der Waals surface area contributed by atoms with Crippen LogP contribution in [0, 0.1) is 12.8 Å². The number of hydrogen-bond acceptors (Lipinski definition) is 4. The Labute approximate surface area is 124 Å². The van der Waals surface area contributed by atoms with Crippen LogP contribution in [0.4, 0.5) is 0 Å². The molecule has 8 heteroatoms. The van der Waals surface area contributed by atoms with Crippen molar-refractivity contribution in [1.29, 1.82) is 0 Å². The van der Waals surface area contributed by atoms with Crippen LogP contribution >= 0.6 is 11.6 Å². The van der Waals surface area contributed by atoms with Gasteiger partial charge in [-0.05, 0) is 25.7 Å². The molecule has 114 valence electrons. The molecule has 1 aromatic heterocycles. The van der Waals surface area contributed by atoms with Crippen molar-refractivity contribution in [3.05, 3.63) is 11.4 Å². The third-order valence-corrected chi connectivity index (χ3v) is 5.89. The molecular weight excluding hydrogens is 302 g/mol. The molecule has 1 saturated heterocycles. The van der Waals surface area contributed by atoms with E-state index in [4.69, 9.17) is 16.3 Å². The van der Waals surface area contributed by atoms with E-state index < -0.39 is 10.0 Å². The van der Waals surface area contributed by atoms with E-state index >= 15 is 0 Å². The highest BCUT2D eigenvalue weighted by atomic mass is 35.5. The first kappa shape index (κ1) is 15.8. The Morgan fingerprint density at radius 3 is 2.95 bits per heavy atom. The minimum atomic E-state index is -3.54. The number of aromatic amines is 1. The molecule has 1 atom stereocenters. The van der Waals surface area contributed by atoms with Crippen LogP contribution in [0.25, 0.3) is 0 Å². The standard InChI is InChI=1S/C12H20ClN3O3S/c1-9-12(11(6-13)15-14-9)20(17,18)16-5-3-4-10(7-16)8-19-2/h10H,3-8H2,1-2H3,(H,14,15). The molecule has 1 fully saturated rings. The maximum absolute atomic E-state index is 12.8. The third-order valence-electron chi connectivity index (χ3n) is 3.57. The smallest absolute Gasteiger partial charge is 0.246 e. The minimum absolute atomic E-state index is 0.0776. The molecule has 1 aromatic rings. The first-order chi connectivity index (χ1) is 9.50. The van der Waals surface area contributed by atoms with Crippen molar-refractivity contribution in [3.63, 3.8) is 0 Å². The summed E-state index contributed by atoms with van der Waals surface area (Å²) in [6, 6.07) is 0. The zero-order valence-electron chi connectivity index (χ0n) is 11.7. The third kappa shape index (κ3) is 3.00. The molecule has 2 heterocycles. The summed E-state index contributed by atoms with van der Waals surface area (Å²) in [5.74, 6) is 0.323. The Balaban J connectivity index is 2.27. The molecule has 0 aliphatic carbocycles. The molecular formula is C12H20ClN3O3S. The van der Waals surface area contributed by atoms with Gasteiger partial charge in [-0.1, -0.05) is 0 Å². The highest BCUT2D eigenvalue weighted by Gasteiger charge is 2.34. The molecule has 6 nitrogen and oxygen atoms in total. The van der Waals surface area contributed by atoms with Crippen LogP contribution in [-0.4, -0.2) is 49.7 Å². The minimum Gasteiger partial charge on any atom is -0.384 e. The van der Waals surface area contributed by atoms with Crippen molar-refractivity contribution >= 4 is 21.6 Å². The second kappa shape index (κ2) is 6.43. The van der Waals surface area contributed by atoms with Gasteiger partial charge < -0.3 is 4.74 Å². The summed E-state index contributed by atoms with van der Waals surface area (Å²) < 4.78 is 32.2. The largest absolute Gasteiger partial charge is 0.384 e. The van der Waals surface area contributed by atoms with Crippen molar-refractivity contribution in [2.75, 3.05) is 26.8 Å². The number of sulfonamides is 1. The number of halogens is 1. The molecule has 0 spiro atoms. The molecule has 0 aromatic carbocycles. The van der Waals surface area contributed by atoms with Crippen LogP contribution in [0.5, 0.6) is 0 Å². The fourth-order valence-corrected chi connectivity index (χ4v) is 4.80. The number of aromatic nitrogens is 2. The van der Waals surface area contributed by atoms with E-state index in [1.165, 1.54) is 4.31 Å². The Hall–Kier alpha value is -0.630. The average molecular weight is 322 g/mol. The number of H-pyrrole nitrogens is 1. The molecule has 1 unspecified atom stereocenters. The molecule has 0 amide bonds. The van der Waals surface area contributed by atoms with Crippen LogP contribution < -0.4 is 0 Å². The molecule has 1 aliphatic rings. The van der Waals surface area contributed by atoms with Crippen molar-refractivity contribution in [2.45, 2.75) is 30.5 Å². The number of rotatable bonds is 5. The fraction of sp³-hybridized carbons (Fsp3) is 0.750. The number of methoxy groups -OCH3 is 1. The summed E-state index contributed by atoms with van der Waals surface area (Å²) >= 11 is 5.78. The van der Waals surface area contributed by atoms with Gasteiger partial charge in [-0.15, -0.1) is 11.6 Å². The highest BCUT2D eigenvalue weighted by Crippen LogP contribution is 2.27. The number of ether oxygens (including phenoxy) is 1. The summed E-state index contributed by atoms with van der Waals surface area (Å²) in [5, 5.41) is 6.67. The lowest BCUT2D eigenvalue weighted by Gasteiger charge is -2.31. The number of nitrogens with one attached hydrogen (secondary N) is 1. The van der Waals surface area contributed by atoms with Gasteiger partial charge in [0, 0.05) is 20.2 Å². The van der Waals surface area contributed by atoms with E-state index in [1.807, 2.05) is 0 Å². The predicted molar refractivity (Wildman–Crippen MR) is 76.2 cm³/mol. The molecule has 0 saturated carbocycles. The quantitative estimate of drug-likeness (QED) is 0.834. The number of hydrogen-bond donors (Lipinski definition) is 1. The molecule has 1 aliphatic heterocycles. The van der Waals surface area contributed by atoms with Gasteiger partial charge >= 0.3 is 0 Å². The number of nitrogens with zero attached hydrogens (tertiary/aromatic N) is 2. The van der Waals surface area contributed by atoms with Crippen LogP contribution in [-0.2, 0) is 20.6 Å². The SMILES string of the molecule is COCC1CCCN(S(=O)(=O)c2c(CCl)n[nH]c2C)C1. The van der Waals surface area contributed by atoms with Crippen molar-refractivity contribution in [3.8, 4) is 0 Å². The second-order valence-corrected chi connectivity index (χ2v) is 7.23. The molecule has 0 bridgehead atoms. The van der Waals surface area contributed by atoms with Crippen molar-refractivity contribution < 1.29 is 13.2 Å². The van der Waals surface area contributed by atoms with E-state index in [1.54, 1.807) is 14.0 Å². The topological polar surface area (TPSA) is 75.3 Å². The highest BCUT2D eigenvalue weighted by molar-refractivity contribution is 7.89. The van der Waals surface area contributed by atoms with E-state index in [2.05, 4.69) is 10.2 Å². The summed E-state index contributed by atoms with van der Waals surface area (Å²) in [6.45, 7) is 3.31. The molecule has 1 N–H and O–H groups in total. The summed E-state index contributed by atoms with van der Waals surface area (Å²) in [5.41, 5.74) is 0.924. The average Bonchev–Trinajstić information content (AvgIpc) is 2.81. The van der Waals surface area contributed by atoms with Gasteiger partial charge in [0.05, 0.1) is 23.9 Å². The van der Waals surface area contributed by atoms with Crippen LogP contribution in [0.3, 0.4) is 0 Å². The Morgan fingerprint density at radius 1 is 1.55 bits per heavy atom. The van der Waals surface area contributed by atoms with E-state index in [9.17, 15) is 8.42 Å². The Bertz CT molecular complexity index is 556. The first-order valence-electron chi connectivity index (χ1n) is 6.59. The van der Waals surface area contributed by atoms with Gasteiger partial charge in [0.2, 0.25) is 10.0 Å². The first-order valence-corrected chi connectivity index (χ1v) is 8.57. The van der Waals surface area contributed by atoms with Gasteiger partial charge in [0.1, 0.15) is 4.90 Å². The van der Waals surface area contributed by atoms with Crippen LogP contribution in [0.15, 0.2) is 4.90 Å². The lowest BCUT2D eigenvalue weighted by molar-refractivity contribution is 0.118. The maximum atomic E-state index is 12.8. The van der Waals surface area contributed by atoms with E-state index in [0.717, 1.165) is 12.8 Å². The van der Waals surface area contributed by atoms with Gasteiger partial charge in [-0.3, -0.25) is 5.10 Å². The van der Waals surface area contributed by atoms with Crippen LogP contribution in [0.2, 0.25) is 0 Å². The fourth-order valence-electron chi connectivity index (χ4n) is 2.65. The lowest BCUT2D eigenvalue weighted by Crippen LogP contribution is -2.41. The van der Waals surface area contributed by atoms with Gasteiger partial charge in [0.25, 0.3) is 0 Å². The summed E-state index contributed by atoms with van der Waals surface area (Å²) in [4.78, 5) is 0.227. The number of alkyl halides is 1. The predicted octanol–water partition coefficient (Wildman–Crippen LogP) is 1.50. The van der Waals surface area contributed by atoms with Gasteiger partial charge in [-0.2, -0.15) is 9.40 Å². The van der Waals surface area contributed by atoms with Gasteiger partial charge in [0.15, 0.2) is 0 Å². The number of piperidine rings is 1. The lowest BCUT2D eigenvalue weighted by atomic mass is 10.0. The Morgan fingerprint density at radius 2 is 2.30 bits per heavy atom. The number of aryl methyl sites for hydroxylation is 1. The van der Waals surface area contributed by atoms with E-state index in [0.29, 0.717) is 31.1 Å². The van der Waals surface area contributed by atoms with E-state index in [-0.39, 0.29) is 16.7 Å². The van der Waals surface area contributed by atoms with Gasteiger partial charge in [-0.25, -0.2) is 8.42 Å². The summed E-state index contributed by atoms with van der Waals surface area (Å²) in [6.07, 6.45) is 1.84. The van der Waals surface area contributed by atoms with Crippen molar-refractivity contribution in [1.82, 2.24) is 14.5 Å². The zero-order valence-corrected chi connectivity index (χ0v) is 13.3. The monoisotopic (exact) mass is 321 g/mol. The Kier molecular flexibility index (Phi) is 5.06. The zero-order chi connectivity index (χ0) is 14.8.